The van der Waals surface area contributed by atoms with Crippen molar-refractivity contribution >= 4 is 5.84 Å². The quantitative estimate of drug-likeness (QED) is 0.509. The summed E-state index contributed by atoms with van der Waals surface area (Å²) in [6.45, 7) is 9.53. The van der Waals surface area contributed by atoms with Gasteiger partial charge in [-0.15, -0.1) is 0 Å². The van der Waals surface area contributed by atoms with Crippen molar-refractivity contribution in [2.75, 3.05) is 13.2 Å². The van der Waals surface area contributed by atoms with Gasteiger partial charge in [0.2, 0.25) is 0 Å². The van der Waals surface area contributed by atoms with Crippen LogP contribution in [0, 0.1) is 0 Å². The molecular weight excluding hydrogens is 164 g/mol. The molecule has 0 atom stereocenters. The summed E-state index contributed by atoms with van der Waals surface area (Å²) >= 11 is 0. The second-order valence-corrected chi connectivity index (χ2v) is 2.99. The summed E-state index contributed by atoms with van der Waals surface area (Å²) in [6.07, 6.45) is 1.76. The van der Waals surface area contributed by atoms with E-state index in [0.717, 1.165) is 19.4 Å². The summed E-state index contributed by atoms with van der Waals surface area (Å²) in [5, 5.41) is 0. The predicted octanol–water partition coefficient (Wildman–Crippen LogP) is 1.96. The van der Waals surface area contributed by atoms with E-state index < -0.39 is 0 Å². The Morgan fingerprint density at radius 2 is 1.77 bits per heavy atom. The maximum atomic E-state index is 5.90. The average Bonchev–Trinajstić information content (AvgIpc) is 2.14. The lowest BCUT2D eigenvalue weighted by atomic mass is 9.95. The largest absolute Gasteiger partial charge is 0.385 e. The van der Waals surface area contributed by atoms with E-state index >= 15 is 0 Å². The van der Waals surface area contributed by atoms with Crippen LogP contribution in [0.25, 0.3) is 0 Å². The van der Waals surface area contributed by atoms with Crippen LogP contribution in [-0.2, 0) is 4.74 Å². The molecule has 78 valence electrons. The molecule has 0 aromatic rings. The van der Waals surface area contributed by atoms with Crippen LogP contribution in [0.2, 0.25) is 0 Å². The SMILES string of the molecule is CCN=C(N)C(CC)(CC)OCC. The fourth-order valence-corrected chi connectivity index (χ4v) is 1.48. The summed E-state index contributed by atoms with van der Waals surface area (Å²) in [4.78, 5) is 4.23. The van der Waals surface area contributed by atoms with Crippen molar-refractivity contribution in [1.29, 1.82) is 0 Å². The van der Waals surface area contributed by atoms with Crippen molar-refractivity contribution in [2.24, 2.45) is 10.7 Å². The number of hydrogen-bond donors (Lipinski definition) is 1. The Hall–Kier alpha value is -0.570. The molecule has 13 heavy (non-hydrogen) atoms. The number of rotatable bonds is 6. The molecule has 0 heterocycles. The molecule has 0 fully saturated rings. The number of nitrogens with zero attached hydrogens (tertiary/aromatic N) is 1. The van der Waals surface area contributed by atoms with Crippen LogP contribution in [0.3, 0.4) is 0 Å². The highest BCUT2D eigenvalue weighted by Crippen LogP contribution is 2.20. The monoisotopic (exact) mass is 186 g/mol. The Bertz CT molecular complexity index is 162. The second-order valence-electron chi connectivity index (χ2n) is 2.99. The van der Waals surface area contributed by atoms with Gasteiger partial charge >= 0.3 is 0 Å². The minimum atomic E-state index is -0.329. The number of nitrogens with two attached hydrogens (primary N) is 1. The molecule has 0 rings (SSSR count). The van der Waals surface area contributed by atoms with E-state index in [1.54, 1.807) is 0 Å². The van der Waals surface area contributed by atoms with Gasteiger partial charge in [-0.05, 0) is 26.7 Å². The maximum absolute atomic E-state index is 5.90. The third kappa shape index (κ3) is 2.99. The molecule has 0 aliphatic heterocycles. The zero-order valence-electron chi connectivity index (χ0n) is 9.26. The van der Waals surface area contributed by atoms with Gasteiger partial charge in [0.15, 0.2) is 0 Å². The van der Waals surface area contributed by atoms with Crippen molar-refractivity contribution in [3.8, 4) is 0 Å². The van der Waals surface area contributed by atoms with Crippen LogP contribution in [0.15, 0.2) is 4.99 Å². The van der Waals surface area contributed by atoms with Gasteiger partial charge < -0.3 is 10.5 Å². The molecule has 0 aromatic heterocycles. The molecule has 0 saturated heterocycles. The van der Waals surface area contributed by atoms with Crippen molar-refractivity contribution in [3.63, 3.8) is 0 Å². The summed E-state index contributed by atoms with van der Waals surface area (Å²) in [7, 11) is 0. The molecule has 0 aromatic carbocycles. The van der Waals surface area contributed by atoms with Crippen LogP contribution in [0.1, 0.15) is 40.5 Å². The molecular formula is C10H22N2O. The fourth-order valence-electron chi connectivity index (χ4n) is 1.48. The third-order valence-corrected chi connectivity index (χ3v) is 2.36. The van der Waals surface area contributed by atoms with Gasteiger partial charge in [-0.2, -0.15) is 0 Å². The van der Waals surface area contributed by atoms with Gasteiger partial charge in [-0.1, -0.05) is 13.8 Å². The molecule has 0 aliphatic carbocycles. The first-order valence-electron chi connectivity index (χ1n) is 5.11. The minimum absolute atomic E-state index is 0.329. The van der Waals surface area contributed by atoms with Crippen LogP contribution in [0.4, 0.5) is 0 Å². The Morgan fingerprint density at radius 1 is 1.23 bits per heavy atom. The van der Waals surface area contributed by atoms with Crippen LogP contribution in [-0.4, -0.2) is 24.6 Å². The zero-order valence-corrected chi connectivity index (χ0v) is 9.26. The van der Waals surface area contributed by atoms with Gasteiger partial charge in [0, 0.05) is 13.2 Å². The molecule has 0 spiro atoms. The molecule has 0 aliphatic rings. The fraction of sp³-hybridized carbons (Fsp3) is 0.900. The van der Waals surface area contributed by atoms with E-state index in [2.05, 4.69) is 18.8 Å². The highest BCUT2D eigenvalue weighted by molar-refractivity contribution is 5.89. The first kappa shape index (κ1) is 12.4. The summed E-state index contributed by atoms with van der Waals surface area (Å²) in [6, 6.07) is 0. The van der Waals surface area contributed by atoms with Crippen LogP contribution < -0.4 is 5.73 Å². The standard InChI is InChI=1S/C10H22N2O/c1-5-10(6-2,13-8-4)9(11)12-7-3/h5-8H2,1-4H3,(H2,11,12). The highest BCUT2D eigenvalue weighted by atomic mass is 16.5. The Kier molecular flexibility index (Phi) is 5.71. The topological polar surface area (TPSA) is 47.6 Å². The first-order chi connectivity index (χ1) is 6.16. The summed E-state index contributed by atoms with van der Waals surface area (Å²) < 4.78 is 5.69. The lowest BCUT2D eigenvalue weighted by Gasteiger charge is -2.30. The van der Waals surface area contributed by atoms with E-state index in [-0.39, 0.29) is 5.60 Å². The van der Waals surface area contributed by atoms with E-state index in [4.69, 9.17) is 10.5 Å². The Labute approximate surface area is 81.4 Å². The number of hydrogen-bond acceptors (Lipinski definition) is 2. The molecule has 3 heteroatoms. The molecule has 2 N–H and O–H groups in total. The third-order valence-electron chi connectivity index (χ3n) is 2.36. The van der Waals surface area contributed by atoms with Gasteiger partial charge in [-0.3, -0.25) is 4.99 Å². The van der Waals surface area contributed by atoms with E-state index in [0.29, 0.717) is 12.4 Å². The van der Waals surface area contributed by atoms with Crippen LogP contribution >= 0.6 is 0 Å². The maximum Gasteiger partial charge on any atom is 0.126 e. The lowest BCUT2D eigenvalue weighted by Crippen LogP contribution is -2.45. The molecule has 0 unspecified atom stereocenters. The van der Waals surface area contributed by atoms with Crippen molar-refractivity contribution in [2.45, 2.75) is 46.1 Å². The van der Waals surface area contributed by atoms with Crippen molar-refractivity contribution in [1.82, 2.24) is 0 Å². The molecule has 3 nitrogen and oxygen atoms in total. The number of amidine groups is 1. The van der Waals surface area contributed by atoms with Gasteiger partial charge in [0.05, 0.1) is 0 Å². The van der Waals surface area contributed by atoms with Gasteiger partial charge in [-0.25, -0.2) is 0 Å². The summed E-state index contributed by atoms with van der Waals surface area (Å²) in [5.41, 5.74) is 5.57. The number of aliphatic imine (C=N–C) groups is 1. The normalized spacial score (nSPS) is 13.4. The smallest absolute Gasteiger partial charge is 0.126 e. The summed E-state index contributed by atoms with van der Waals surface area (Å²) in [5.74, 6) is 0.641. The molecule has 0 saturated carbocycles. The van der Waals surface area contributed by atoms with E-state index in [1.165, 1.54) is 0 Å². The molecule has 0 bridgehead atoms. The second kappa shape index (κ2) is 5.97. The highest BCUT2D eigenvalue weighted by Gasteiger charge is 2.30. The van der Waals surface area contributed by atoms with Crippen molar-refractivity contribution < 1.29 is 4.74 Å². The number of ether oxygens (including phenoxy) is 1. The first-order valence-corrected chi connectivity index (χ1v) is 5.11. The molecule has 0 radical (unpaired) electrons. The van der Waals surface area contributed by atoms with E-state index in [1.807, 2.05) is 13.8 Å². The lowest BCUT2D eigenvalue weighted by molar-refractivity contribution is 0.00858. The minimum Gasteiger partial charge on any atom is -0.385 e. The Morgan fingerprint density at radius 3 is 2.08 bits per heavy atom. The molecule has 0 amide bonds. The van der Waals surface area contributed by atoms with E-state index in [9.17, 15) is 0 Å². The predicted molar refractivity (Wildman–Crippen MR) is 57.1 cm³/mol. The Balaban J connectivity index is 4.63. The van der Waals surface area contributed by atoms with Gasteiger partial charge in [0.25, 0.3) is 0 Å². The van der Waals surface area contributed by atoms with Crippen molar-refractivity contribution in [3.05, 3.63) is 0 Å². The average molecular weight is 186 g/mol. The zero-order chi connectivity index (χ0) is 10.3. The van der Waals surface area contributed by atoms with Gasteiger partial charge in [0.1, 0.15) is 11.4 Å². The van der Waals surface area contributed by atoms with Crippen LogP contribution in [0.5, 0.6) is 0 Å².